The van der Waals surface area contributed by atoms with Gasteiger partial charge in [0.15, 0.2) is 0 Å². The van der Waals surface area contributed by atoms with Gasteiger partial charge in [-0.05, 0) is 48.6 Å². The molecule has 4 nitrogen and oxygen atoms in total. The minimum absolute atomic E-state index is 0.913. The number of pyridine rings is 1. The van der Waals surface area contributed by atoms with Gasteiger partial charge < -0.3 is 15.3 Å². The number of nitrogens with one attached hydrogen (secondary N) is 3. The number of nitrogens with zero attached hydrogens (tertiary/aromatic N) is 1. The molecule has 0 fully saturated rings. The summed E-state index contributed by atoms with van der Waals surface area (Å²) in [5, 5.41) is 4.46. The molecule has 21 heavy (non-hydrogen) atoms. The van der Waals surface area contributed by atoms with Crippen molar-refractivity contribution in [2.75, 3.05) is 5.32 Å². The van der Waals surface area contributed by atoms with Crippen LogP contribution in [0.4, 0.5) is 5.82 Å². The second-order valence-electron chi connectivity index (χ2n) is 4.90. The average Bonchev–Trinajstić information content (AvgIpc) is 3.14. The number of H-pyrrole nitrogens is 2. The number of anilines is 1. The highest BCUT2D eigenvalue weighted by molar-refractivity contribution is 5.77. The Kier molecular flexibility index (Phi) is 2.71. The minimum Gasteiger partial charge on any atom is -0.348 e. The molecular weight excluding hydrogens is 260 g/mol. The van der Waals surface area contributed by atoms with Crippen LogP contribution in [0.15, 0.2) is 60.6 Å². The van der Waals surface area contributed by atoms with E-state index < -0.39 is 0 Å². The van der Waals surface area contributed by atoms with Crippen LogP contribution in [0.1, 0.15) is 11.3 Å². The average molecular weight is 274 g/mol. The Bertz CT molecular complexity index is 877. The maximum absolute atomic E-state index is 4.53. The molecule has 3 aromatic rings. The number of fused-ring (bicyclic) bond motifs is 2. The van der Waals surface area contributed by atoms with Crippen LogP contribution in [0.25, 0.3) is 23.2 Å². The zero-order valence-electron chi connectivity index (χ0n) is 11.3. The van der Waals surface area contributed by atoms with E-state index in [1.54, 1.807) is 0 Å². The lowest BCUT2D eigenvalue weighted by Crippen LogP contribution is -2.01. The molecule has 0 radical (unpaired) electrons. The Hall–Kier alpha value is -3.01. The Morgan fingerprint density at radius 2 is 1.90 bits per heavy atom. The predicted octanol–water partition coefficient (Wildman–Crippen LogP) is 3.93. The van der Waals surface area contributed by atoms with Crippen molar-refractivity contribution in [2.24, 2.45) is 0 Å². The van der Waals surface area contributed by atoms with Crippen LogP contribution in [0.2, 0.25) is 0 Å². The maximum atomic E-state index is 4.53. The first-order chi connectivity index (χ1) is 10.4. The lowest BCUT2D eigenvalue weighted by molar-refractivity contribution is 1.30. The van der Waals surface area contributed by atoms with E-state index in [0.29, 0.717) is 0 Å². The second-order valence-corrected chi connectivity index (χ2v) is 4.90. The summed E-state index contributed by atoms with van der Waals surface area (Å²) < 4.78 is 0. The van der Waals surface area contributed by atoms with Gasteiger partial charge in [-0.15, -0.1) is 0 Å². The zero-order chi connectivity index (χ0) is 14.1. The molecule has 0 spiro atoms. The van der Waals surface area contributed by atoms with Gasteiger partial charge in [0.1, 0.15) is 11.5 Å². The van der Waals surface area contributed by atoms with Crippen LogP contribution in [0, 0.1) is 0 Å². The zero-order valence-corrected chi connectivity index (χ0v) is 11.3. The first-order valence-corrected chi connectivity index (χ1v) is 6.83. The molecule has 4 heterocycles. The van der Waals surface area contributed by atoms with Crippen molar-refractivity contribution in [2.45, 2.75) is 0 Å². The van der Waals surface area contributed by atoms with Crippen molar-refractivity contribution in [3.63, 3.8) is 0 Å². The van der Waals surface area contributed by atoms with Crippen molar-refractivity contribution in [1.29, 1.82) is 0 Å². The van der Waals surface area contributed by atoms with Gasteiger partial charge in [-0.1, -0.05) is 6.08 Å². The van der Waals surface area contributed by atoms with E-state index in [4.69, 9.17) is 0 Å². The lowest BCUT2D eigenvalue weighted by Gasteiger charge is -2.10. The number of hydrogen-bond acceptors (Lipinski definition) is 2. The highest BCUT2D eigenvalue weighted by Gasteiger charge is 2.05. The molecule has 0 saturated heterocycles. The summed E-state index contributed by atoms with van der Waals surface area (Å²) in [6.07, 6.45) is 14.0. The van der Waals surface area contributed by atoms with Crippen molar-refractivity contribution in [3.05, 3.63) is 71.8 Å². The Morgan fingerprint density at radius 3 is 2.90 bits per heavy atom. The second kappa shape index (κ2) is 4.83. The fraction of sp³-hybridized carbons (Fsp3) is 0. The van der Waals surface area contributed by atoms with Crippen LogP contribution < -0.4 is 5.32 Å². The van der Waals surface area contributed by atoms with E-state index in [1.807, 2.05) is 48.8 Å². The highest BCUT2D eigenvalue weighted by atomic mass is 15.0. The summed E-state index contributed by atoms with van der Waals surface area (Å²) in [7, 11) is 0. The molecule has 1 aliphatic rings. The molecule has 4 heteroatoms. The Labute approximate surface area is 121 Å². The number of rotatable bonds is 2. The van der Waals surface area contributed by atoms with Gasteiger partial charge in [0.2, 0.25) is 0 Å². The maximum Gasteiger partial charge on any atom is 0.137 e. The third kappa shape index (κ3) is 2.27. The summed E-state index contributed by atoms with van der Waals surface area (Å²) in [5.74, 6) is 1.03. The lowest BCUT2D eigenvalue weighted by atomic mass is 10.2. The van der Waals surface area contributed by atoms with Crippen LogP contribution in [0.3, 0.4) is 0 Å². The van der Waals surface area contributed by atoms with Gasteiger partial charge in [-0.3, -0.25) is 0 Å². The van der Waals surface area contributed by atoms with Gasteiger partial charge in [0.05, 0.1) is 5.69 Å². The third-order valence-electron chi connectivity index (χ3n) is 3.46. The molecule has 0 aromatic carbocycles. The molecule has 0 atom stereocenters. The molecule has 0 saturated carbocycles. The predicted molar refractivity (Wildman–Crippen MR) is 86.7 cm³/mol. The Morgan fingerprint density at radius 1 is 0.952 bits per heavy atom. The van der Waals surface area contributed by atoms with Crippen molar-refractivity contribution < 1.29 is 0 Å². The number of hydrogen-bond donors (Lipinski definition) is 3. The van der Waals surface area contributed by atoms with E-state index in [1.165, 1.54) is 5.56 Å². The molecule has 1 aliphatic heterocycles. The summed E-state index contributed by atoms with van der Waals surface area (Å²) in [5.41, 5.74) is 4.07. The molecular formula is C17H14N4. The fourth-order valence-corrected chi connectivity index (χ4v) is 2.38. The third-order valence-corrected chi connectivity index (χ3v) is 3.46. The van der Waals surface area contributed by atoms with E-state index in [2.05, 4.69) is 38.5 Å². The van der Waals surface area contributed by atoms with Gasteiger partial charge in [0, 0.05) is 29.0 Å². The molecule has 102 valence electrons. The smallest absolute Gasteiger partial charge is 0.137 e. The van der Waals surface area contributed by atoms with Crippen LogP contribution in [-0.2, 0) is 0 Å². The molecule has 0 unspecified atom stereocenters. The normalized spacial score (nSPS) is 15.7. The summed E-state index contributed by atoms with van der Waals surface area (Å²) in [6, 6.07) is 8.14. The SMILES string of the molecule is C(=Cc1ccc2cc[nH]c2n1)C=C1C=Cc2cc[nH]c2N1. The number of aromatic amines is 2. The van der Waals surface area contributed by atoms with Gasteiger partial charge in [-0.2, -0.15) is 0 Å². The topological polar surface area (TPSA) is 56.5 Å². The fourth-order valence-electron chi connectivity index (χ4n) is 2.38. The standard InChI is InChI=1S/C17H14N4/c1(2-14-6-4-12-8-10-18-16(12)20-14)3-15-7-5-13-9-11-19-17(13)21-15/h1-11,18,20H,(H,19,21). The van der Waals surface area contributed by atoms with Crippen molar-refractivity contribution in [1.82, 2.24) is 15.0 Å². The first-order valence-electron chi connectivity index (χ1n) is 6.83. The molecule has 0 amide bonds. The van der Waals surface area contributed by atoms with Gasteiger partial charge in [-0.25, -0.2) is 4.98 Å². The summed E-state index contributed by atoms with van der Waals surface area (Å²) >= 11 is 0. The molecule has 0 bridgehead atoms. The largest absolute Gasteiger partial charge is 0.348 e. The van der Waals surface area contributed by atoms with Gasteiger partial charge >= 0.3 is 0 Å². The van der Waals surface area contributed by atoms with Crippen molar-refractivity contribution >= 4 is 29.0 Å². The van der Waals surface area contributed by atoms with E-state index >= 15 is 0 Å². The van der Waals surface area contributed by atoms with Gasteiger partial charge in [0.25, 0.3) is 0 Å². The van der Waals surface area contributed by atoms with E-state index in [9.17, 15) is 0 Å². The molecule has 3 aromatic heterocycles. The molecule has 0 aliphatic carbocycles. The first kappa shape index (κ1) is 11.8. The van der Waals surface area contributed by atoms with Crippen LogP contribution in [0.5, 0.6) is 0 Å². The molecule has 3 N–H and O–H groups in total. The van der Waals surface area contributed by atoms with E-state index in [0.717, 1.165) is 28.2 Å². The highest BCUT2D eigenvalue weighted by Crippen LogP contribution is 2.22. The van der Waals surface area contributed by atoms with Crippen molar-refractivity contribution in [3.8, 4) is 0 Å². The molecule has 4 rings (SSSR count). The summed E-state index contributed by atoms with van der Waals surface area (Å²) in [4.78, 5) is 10.8. The number of aromatic nitrogens is 3. The Balaban J connectivity index is 1.54. The minimum atomic E-state index is 0.913. The van der Waals surface area contributed by atoms with E-state index in [-0.39, 0.29) is 0 Å². The summed E-state index contributed by atoms with van der Waals surface area (Å²) in [6.45, 7) is 0. The van der Waals surface area contributed by atoms with Crippen LogP contribution in [-0.4, -0.2) is 15.0 Å². The number of allylic oxidation sites excluding steroid dienone is 3. The quantitative estimate of drug-likeness (QED) is 0.663. The van der Waals surface area contributed by atoms with Crippen LogP contribution >= 0.6 is 0 Å². The monoisotopic (exact) mass is 274 g/mol.